The molecule has 1 fully saturated rings. The molecule has 1 aliphatic rings. The lowest BCUT2D eigenvalue weighted by Crippen LogP contribution is -2.29. The van der Waals surface area contributed by atoms with Gasteiger partial charge in [0.1, 0.15) is 16.2 Å². The van der Waals surface area contributed by atoms with Crippen LogP contribution in [0.1, 0.15) is 31.9 Å². The molecule has 1 aromatic carbocycles. The van der Waals surface area contributed by atoms with Gasteiger partial charge in [-0.1, -0.05) is 59.9 Å². The minimum absolute atomic E-state index is 0. The molecule has 0 atom stereocenters. The zero-order valence-corrected chi connectivity index (χ0v) is 18.8. The summed E-state index contributed by atoms with van der Waals surface area (Å²) < 4.78 is 0. The highest BCUT2D eigenvalue weighted by Crippen LogP contribution is 2.28. The third kappa shape index (κ3) is 5.39. The van der Waals surface area contributed by atoms with Crippen LogP contribution in [0.4, 0.5) is 10.9 Å². The van der Waals surface area contributed by atoms with Gasteiger partial charge in [0.2, 0.25) is 0 Å². The summed E-state index contributed by atoms with van der Waals surface area (Å²) in [5, 5.41) is 4.99. The summed E-state index contributed by atoms with van der Waals surface area (Å²) in [6, 6.07) is 16.4. The molecular formula is C23H26N6S2. The third-order valence-corrected chi connectivity index (χ3v) is 7.02. The van der Waals surface area contributed by atoms with Crippen LogP contribution in [0.15, 0.2) is 59.9 Å². The number of nitrogens with zero attached hydrogens (tertiary/aromatic N) is 5. The normalized spacial score (nSPS) is 14.7. The van der Waals surface area contributed by atoms with Crippen molar-refractivity contribution in [2.45, 2.75) is 36.7 Å². The van der Waals surface area contributed by atoms with Gasteiger partial charge in [0.25, 0.3) is 0 Å². The molecule has 1 N–H and O–H groups in total. The third-order valence-electron chi connectivity index (χ3n) is 5.21. The van der Waals surface area contributed by atoms with E-state index in [4.69, 9.17) is 9.97 Å². The maximum absolute atomic E-state index is 4.87. The van der Waals surface area contributed by atoms with Crippen molar-refractivity contribution in [1.82, 2.24) is 24.8 Å². The van der Waals surface area contributed by atoms with Gasteiger partial charge < -0.3 is 5.32 Å². The molecule has 4 aromatic rings. The number of piperidine rings is 1. The van der Waals surface area contributed by atoms with Gasteiger partial charge in [0.05, 0.1) is 5.69 Å². The monoisotopic (exact) mass is 450 g/mol. The maximum Gasteiger partial charge on any atom is 0.190 e. The van der Waals surface area contributed by atoms with E-state index in [1.807, 2.05) is 18.2 Å². The van der Waals surface area contributed by atoms with Crippen LogP contribution >= 0.6 is 23.1 Å². The first-order valence-corrected chi connectivity index (χ1v) is 12.4. The molecule has 0 unspecified atom stereocenters. The minimum atomic E-state index is 0. The molecule has 5 rings (SSSR count). The molecule has 3 aromatic heterocycles. The van der Waals surface area contributed by atoms with Crippen LogP contribution in [0.3, 0.4) is 0 Å². The van der Waals surface area contributed by atoms with Crippen LogP contribution in [-0.2, 0) is 12.3 Å². The number of thioether (sulfide) groups is 1. The molecule has 6 nitrogen and oxygen atoms in total. The fraction of sp³-hybridized carbons (Fsp3) is 0.304. The Labute approximate surface area is 191 Å². The molecule has 160 valence electrons. The fourth-order valence-corrected chi connectivity index (χ4v) is 5.33. The lowest BCUT2D eigenvalue weighted by atomic mass is 10.1. The van der Waals surface area contributed by atoms with Gasteiger partial charge in [-0.15, -0.1) is 0 Å². The second-order valence-corrected chi connectivity index (χ2v) is 9.53. The highest BCUT2D eigenvalue weighted by Gasteiger charge is 2.14. The molecule has 0 radical (unpaired) electrons. The molecule has 31 heavy (non-hydrogen) atoms. The molecular weight excluding hydrogens is 424 g/mol. The molecule has 0 spiro atoms. The van der Waals surface area contributed by atoms with Crippen LogP contribution in [0.25, 0.3) is 10.3 Å². The van der Waals surface area contributed by atoms with Gasteiger partial charge in [-0.3, -0.25) is 4.90 Å². The molecule has 0 saturated carbocycles. The number of benzene rings is 1. The Morgan fingerprint density at radius 3 is 2.71 bits per heavy atom. The van der Waals surface area contributed by atoms with E-state index in [1.165, 1.54) is 36.2 Å². The number of aromatic nitrogens is 4. The van der Waals surface area contributed by atoms with Gasteiger partial charge in [0, 0.05) is 26.0 Å². The number of fused-ring (bicyclic) bond motifs is 1. The number of rotatable bonds is 7. The molecule has 8 heteroatoms. The predicted molar refractivity (Wildman–Crippen MR) is 130 cm³/mol. The van der Waals surface area contributed by atoms with Crippen molar-refractivity contribution in [2.75, 3.05) is 18.4 Å². The van der Waals surface area contributed by atoms with Crippen molar-refractivity contribution in [2.24, 2.45) is 0 Å². The van der Waals surface area contributed by atoms with Gasteiger partial charge in [-0.05, 0) is 43.6 Å². The summed E-state index contributed by atoms with van der Waals surface area (Å²) in [6.45, 7) is 3.14. The predicted octanol–water partition coefficient (Wildman–Crippen LogP) is 5.75. The second-order valence-electron chi connectivity index (χ2n) is 7.61. The zero-order valence-electron chi connectivity index (χ0n) is 17.2. The lowest BCUT2D eigenvalue weighted by Gasteiger charge is -2.26. The number of nitrogens with one attached hydrogen (secondary N) is 1. The van der Waals surface area contributed by atoms with Crippen LogP contribution in [0.2, 0.25) is 0 Å². The van der Waals surface area contributed by atoms with Crippen molar-refractivity contribution < 1.29 is 1.43 Å². The van der Waals surface area contributed by atoms with Crippen molar-refractivity contribution in [3.8, 4) is 0 Å². The van der Waals surface area contributed by atoms with Crippen molar-refractivity contribution in [3.05, 3.63) is 66.0 Å². The van der Waals surface area contributed by atoms with Crippen molar-refractivity contribution in [1.29, 1.82) is 0 Å². The smallest absolute Gasteiger partial charge is 0.190 e. The lowest BCUT2D eigenvalue weighted by molar-refractivity contribution is 0.218. The summed E-state index contributed by atoms with van der Waals surface area (Å²) in [7, 11) is 0. The molecule has 1 aliphatic heterocycles. The Kier molecular flexibility index (Phi) is 6.38. The second kappa shape index (κ2) is 9.72. The molecule has 1 saturated heterocycles. The standard InChI is InChI=1S/C23H24N6S2.H2/c1-3-8-17(9-4-1)16-30-22-25-18(15-29-12-5-2-6-13-29)14-20(27-22)28-23-26-19-10-7-11-24-21(19)31-23;/h1,3-4,7-11,14H,2,5-6,12-13,15-16H2,(H,25,26,27,28);1H. The number of hydrogen-bond acceptors (Lipinski definition) is 8. The number of pyridine rings is 1. The SMILES string of the molecule is [HH].c1ccc(CSc2nc(CN3CCCCC3)cc(Nc3nc4cccnc4s3)n2)cc1. The van der Waals surface area contributed by atoms with E-state index in [9.17, 15) is 0 Å². The van der Waals surface area contributed by atoms with Crippen LogP contribution in [0.5, 0.6) is 0 Å². The van der Waals surface area contributed by atoms with Gasteiger partial charge in [-0.2, -0.15) is 0 Å². The average molecular weight is 451 g/mol. The molecule has 4 heterocycles. The van der Waals surface area contributed by atoms with E-state index in [2.05, 4.69) is 50.5 Å². The fourth-order valence-electron chi connectivity index (χ4n) is 3.68. The molecule has 0 aliphatic carbocycles. The average Bonchev–Trinajstić information content (AvgIpc) is 3.21. The first-order chi connectivity index (χ1) is 15.3. The van der Waals surface area contributed by atoms with E-state index in [0.717, 1.165) is 57.5 Å². The largest absolute Gasteiger partial charge is 0.316 e. The van der Waals surface area contributed by atoms with Gasteiger partial charge in [0.15, 0.2) is 10.3 Å². The first-order valence-electron chi connectivity index (χ1n) is 10.6. The van der Waals surface area contributed by atoms with Crippen LogP contribution in [0, 0.1) is 0 Å². The van der Waals surface area contributed by atoms with E-state index in [1.54, 1.807) is 18.0 Å². The zero-order chi connectivity index (χ0) is 20.9. The van der Waals surface area contributed by atoms with E-state index in [0.29, 0.717) is 0 Å². The quantitative estimate of drug-likeness (QED) is 0.284. The maximum atomic E-state index is 4.87. The molecule has 0 amide bonds. The molecule has 0 bridgehead atoms. The number of anilines is 2. The first kappa shape index (κ1) is 20.4. The number of likely N-dealkylation sites (tertiary alicyclic amines) is 1. The van der Waals surface area contributed by atoms with E-state index < -0.39 is 0 Å². The Hall–Kier alpha value is -2.55. The van der Waals surface area contributed by atoms with Crippen molar-refractivity contribution >= 4 is 44.4 Å². The highest BCUT2D eigenvalue weighted by molar-refractivity contribution is 7.98. The topological polar surface area (TPSA) is 66.8 Å². The Bertz CT molecular complexity index is 1110. The minimum Gasteiger partial charge on any atom is -0.316 e. The Morgan fingerprint density at radius 2 is 1.87 bits per heavy atom. The van der Waals surface area contributed by atoms with Gasteiger partial charge in [-0.25, -0.2) is 19.9 Å². The highest BCUT2D eigenvalue weighted by atomic mass is 32.2. The summed E-state index contributed by atoms with van der Waals surface area (Å²) in [5.74, 6) is 1.63. The summed E-state index contributed by atoms with van der Waals surface area (Å²) >= 11 is 3.21. The number of thiazole rings is 1. The van der Waals surface area contributed by atoms with E-state index >= 15 is 0 Å². The summed E-state index contributed by atoms with van der Waals surface area (Å²) in [4.78, 5) is 22.1. The number of hydrogen-bond donors (Lipinski definition) is 1. The van der Waals surface area contributed by atoms with Crippen LogP contribution in [-0.4, -0.2) is 37.9 Å². The van der Waals surface area contributed by atoms with Crippen LogP contribution < -0.4 is 5.32 Å². The van der Waals surface area contributed by atoms with E-state index in [-0.39, 0.29) is 1.43 Å². The summed E-state index contributed by atoms with van der Waals surface area (Å²) in [6.07, 6.45) is 5.66. The summed E-state index contributed by atoms with van der Waals surface area (Å²) in [5.41, 5.74) is 3.22. The Morgan fingerprint density at radius 1 is 1.00 bits per heavy atom. The Balaban J connectivity index is 0.00000245. The van der Waals surface area contributed by atoms with Gasteiger partial charge >= 0.3 is 0 Å². The van der Waals surface area contributed by atoms with Crippen molar-refractivity contribution in [3.63, 3.8) is 0 Å².